The number of nitrogens with zero attached hydrogens (tertiary/aromatic N) is 2. The molecule has 0 amide bonds. The maximum absolute atomic E-state index is 5.46. The van der Waals surface area contributed by atoms with E-state index in [0.29, 0.717) is 12.0 Å². The summed E-state index contributed by atoms with van der Waals surface area (Å²) in [5.41, 5.74) is 0. The van der Waals surface area contributed by atoms with Crippen molar-refractivity contribution in [2.75, 3.05) is 6.54 Å². The molecule has 0 aliphatic heterocycles. The Morgan fingerprint density at radius 1 is 1.15 bits per heavy atom. The van der Waals surface area contributed by atoms with Crippen molar-refractivity contribution in [3.05, 3.63) is 11.7 Å². The van der Waals surface area contributed by atoms with Crippen LogP contribution in [0.25, 0.3) is 0 Å². The molecular formula is C16H27N3O. The van der Waals surface area contributed by atoms with Crippen molar-refractivity contribution in [3.63, 3.8) is 0 Å². The number of hydrogen-bond donors (Lipinski definition) is 1. The molecule has 1 N–H and O–H groups in total. The van der Waals surface area contributed by atoms with Gasteiger partial charge in [0, 0.05) is 18.9 Å². The largest absolute Gasteiger partial charge is 0.339 e. The van der Waals surface area contributed by atoms with Crippen LogP contribution in [0.5, 0.6) is 0 Å². The lowest BCUT2D eigenvalue weighted by atomic mass is 9.82. The second-order valence-corrected chi connectivity index (χ2v) is 6.56. The fourth-order valence-electron chi connectivity index (χ4n) is 3.31. The third-order valence-corrected chi connectivity index (χ3v) is 4.68. The maximum Gasteiger partial charge on any atom is 0.226 e. The Labute approximate surface area is 121 Å². The monoisotopic (exact) mass is 277 g/mol. The van der Waals surface area contributed by atoms with E-state index in [-0.39, 0.29) is 0 Å². The topological polar surface area (TPSA) is 51.0 Å². The minimum Gasteiger partial charge on any atom is -0.339 e. The standard InChI is InChI=1S/C16H27N3O/c1-2-9-17-14-6-4-3-5-13(14)11-16-18-15(19-20-16)10-12-7-8-12/h12-14,17H,2-11H2,1H3. The Morgan fingerprint density at radius 3 is 2.80 bits per heavy atom. The molecule has 2 aliphatic carbocycles. The van der Waals surface area contributed by atoms with E-state index in [1.54, 1.807) is 0 Å². The van der Waals surface area contributed by atoms with Gasteiger partial charge in [-0.15, -0.1) is 0 Å². The Morgan fingerprint density at radius 2 is 2.00 bits per heavy atom. The Balaban J connectivity index is 1.54. The summed E-state index contributed by atoms with van der Waals surface area (Å²) < 4.78 is 5.46. The van der Waals surface area contributed by atoms with Gasteiger partial charge in [0.2, 0.25) is 5.89 Å². The van der Waals surface area contributed by atoms with Gasteiger partial charge in [-0.25, -0.2) is 0 Å². The van der Waals surface area contributed by atoms with Gasteiger partial charge in [0.05, 0.1) is 0 Å². The van der Waals surface area contributed by atoms with Gasteiger partial charge in [-0.05, 0) is 50.5 Å². The molecule has 2 aliphatic rings. The third kappa shape index (κ3) is 3.81. The maximum atomic E-state index is 5.46. The summed E-state index contributed by atoms with van der Waals surface area (Å²) in [6, 6.07) is 0.641. The first-order valence-electron chi connectivity index (χ1n) is 8.40. The highest BCUT2D eigenvalue weighted by atomic mass is 16.5. The number of nitrogens with one attached hydrogen (secondary N) is 1. The molecule has 2 saturated carbocycles. The van der Waals surface area contributed by atoms with Crippen LogP contribution in [0, 0.1) is 11.8 Å². The van der Waals surface area contributed by atoms with E-state index < -0.39 is 0 Å². The van der Waals surface area contributed by atoms with Crippen LogP contribution >= 0.6 is 0 Å². The van der Waals surface area contributed by atoms with Crippen LogP contribution in [-0.4, -0.2) is 22.7 Å². The van der Waals surface area contributed by atoms with E-state index in [9.17, 15) is 0 Å². The molecule has 4 nitrogen and oxygen atoms in total. The van der Waals surface area contributed by atoms with E-state index in [2.05, 4.69) is 22.4 Å². The van der Waals surface area contributed by atoms with Crippen LogP contribution in [0.15, 0.2) is 4.52 Å². The molecule has 1 aromatic heterocycles. The fourth-order valence-corrected chi connectivity index (χ4v) is 3.31. The minimum absolute atomic E-state index is 0.641. The molecule has 4 heteroatoms. The van der Waals surface area contributed by atoms with Crippen LogP contribution in [0.2, 0.25) is 0 Å². The average Bonchev–Trinajstić information content (AvgIpc) is 3.17. The number of hydrogen-bond acceptors (Lipinski definition) is 4. The van der Waals surface area contributed by atoms with Gasteiger partial charge in [0.15, 0.2) is 5.82 Å². The molecule has 0 bridgehead atoms. The second-order valence-electron chi connectivity index (χ2n) is 6.56. The molecule has 2 atom stereocenters. The van der Waals surface area contributed by atoms with Crippen molar-refractivity contribution in [1.29, 1.82) is 0 Å². The van der Waals surface area contributed by atoms with Crippen LogP contribution in [-0.2, 0) is 12.8 Å². The highest BCUT2D eigenvalue weighted by Crippen LogP contribution is 2.32. The molecule has 3 rings (SSSR count). The van der Waals surface area contributed by atoms with Gasteiger partial charge in [0.25, 0.3) is 0 Å². The Kier molecular flexibility index (Phi) is 4.71. The highest BCUT2D eigenvalue weighted by molar-refractivity contribution is 4.95. The summed E-state index contributed by atoms with van der Waals surface area (Å²) >= 11 is 0. The normalized spacial score (nSPS) is 26.9. The molecule has 0 saturated heterocycles. The Bertz CT molecular complexity index is 414. The van der Waals surface area contributed by atoms with Crippen molar-refractivity contribution in [2.45, 2.75) is 70.8 Å². The SMILES string of the molecule is CCCNC1CCCCC1Cc1nc(CC2CC2)no1. The van der Waals surface area contributed by atoms with Gasteiger partial charge in [-0.1, -0.05) is 24.9 Å². The molecule has 112 valence electrons. The predicted molar refractivity (Wildman–Crippen MR) is 78.5 cm³/mol. The number of aromatic nitrogens is 2. The van der Waals surface area contributed by atoms with Crippen molar-refractivity contribution in [2.24, 2.45) is 11.8 Å². The van der Waals surface area contributed by atoms with E-state index in [1.165, 1.54) is 44.9 Å². The van der Waals surface area contributed by atoms with Crippen molar-refractivity contribution in [3.8, 4) is 0 Å². The van der Waals surface area contributed by atoms with Crippen LogP contribution in [0.3, 0.4) is 0 Å². The quantitative estimate of drug-likeness (QED) is 0.832. The predicted octanol–water partition coefficient (Wildman–Crippen LogP) is 3.12. The zero-order valence-corrected chi connectivity index (χ0v) is 12.6. The first-order valence-corrected chi connectivity index (χ1v) is 8.40. The molecule has 1 aromatic rings. The third-order valence-electron chi connectivity index (χ3n) is 4.68. The van der Waals surface area contributed by atoms with E-state index in [0.717, 1.165) is 37.0 Å². The van der Waals surface area contributed by atoms with E-state index >= 15 is 0 Å². The first-order chi connectivity index (χ1) is 9.85. The molecule has 0 aromatic carbocycles. The second kappa shape index (κ2) is 6.70. The zero-order valence-electron chi connectivity index (χ0n) is 12.6. The lowest BCUT2D eigenvalue weighted by molar-refractivity contribution is 0.239. The molecule has 2 fully saturated rings. The van der Waals surface area contributed by atoms with Crippen LogP contribution in [0.1, 0.15) is 63.6 Å². The van der Waals surface area contributed by atoms with Gasteiger partial charge in [-0.2, -0.15) is 4.98 Å². The summed E-state index contributed by atoms with van der Waals surface area (Å²) in [6.45, 7) is 3.35. The summed E-state index contributed by atoms with van der Waals surface area (Å²) in [6.07, 6.45) is 11.2. The molecule has 2 unspecified atom stereocenters. The molecule has 1 heterocycles. The van der Waals surface area contributed by atoms with Gasteiger partial charge in [0.1, 0.15) is 0 Å². The summed E-state index contributed by atoms with van der Waals surface area (Å²) in [5.74, 6) is 3.28. The van der Waals surface area contributed by atoms with Gasteiger partial charge < -0.3 is 9.84 Å². The Hall–Kier alpha value is -0.900. The number of rotatable bonds is 7. The summed E-state index contributed by atoms with van der Waals surface area (Å²) in [4.78, 5) is 4.59. The minimum atomic E-state index is 0.641. The average molecular weight is 277 g/mol. The first kappa shape index (κ1) is 14.1. The van der Waals surface area contributed by atoms with Crippen molar-refractivity contribution in [1.82, 2.24) is 15.5 Å². The summed E-state index contributed by atoms with van der Waals surface area (Å²) in [7, 11) is 0. The van der Waals surface area contributed by atoms with E-state index in [1.807, 2.05) is 0 Å². The lowest BCUT2D eigenvalue weighted by Crippen LogP contribution is -2.39. The summed E-state index contributed by atoms with van der Waals surface area (Å²) in [5, 5.41) is 7.84. The van der Waals surface area contributed by atoms with Gasteiger partial charge >= 0.3 is 0 Å². The van der Waals surface area contributed by atoms with Crippen LogP contribution in [0.4, 0.5) is 0 Å². The lowest BCUT2D eigenvalue weighted by Gasteiger charge is -2.31. The zero-order chi connectivity index (χ0) is 13.8. The highest BCUT2D eigenvalue weighted by Gasteiger charge is 2.28. The van der Waals surface area contributed by atoms with Crippen molar-refractivity contribution < 1.29 is 4.52 Å². The molecular weight excluding hydrogens is 250 g/mol. The van der Waals surface area contributed by atoms with Crippen LogP contribution < -0.4 is 5.32 Å². The van der Waals surface area contributed by atoms with E-state index in [4.69, 9.17) is 4.52 Å². The fraction of sp³-hybridized carbons (Fsp3) is 0.875. The molecule has 0 spiro atoms. The van der Waals surface area contributed by atoms with Crippen molar-refractivity contribution >= 4 is 0 Å². The smallest absolute Gasteiger partial charge is 0.226 e. The van der Waals surface area contributed by atoms with Gasteiger partial charge in [-0.3, -0.25) is 0 Å². The molecule has 20 heavy (non-hydrogen) atoms. The molecule has 0 radical (unpaired) electrons.